The van der Waals surface area contributed by atoms with Gasteiger partial charge in [-0.15, -0.1) is 0 Å². The van der Waals surface area contributed by atoms with Gasteiger partial charge in [-0.2, -0.15) is 0 Å². The second-order valence-electron chi connectivity index (χ2n) is 4.19. The first-order valence-electron chi connectivity index (χ1n) is 5.69. The molecular formula is C13H15ClN4. The van der Waals surface area contributed by atoms with Gasteiger partial charge in [0.05, 0.1) is 12.2 Å². The maximum absolute atomic E-state index is 6.07. The molecule has 2 aromatic rings. The summed E-state index contributed by atoms with van der Waals surface area (Å²) >= 11 is 6.07. The Labute approximate surface area is 112 Å². The molecule has 0 N–H and O–H groups in total. The molecule has 4 nitrogen and oxygen atoms in total. The molecule has 0 aliphatic carbocycles. The Morgan fingerprint density at radius 2 is 2.00 bits per heavy atom. The third-order valence-corrected chi connectivity index (χ3v) is 3.03. The smallest absolute Gasteiger partial charge is 0.137 e. The van der Waals surface area contributed by atoms with Gasteiger partial charge in [0, 0.05) is 18.8 Å². The van der Waals surface area contributed by atoms with Gasteiger partial charge in [-0.25, -0.2) is 9.97 Å². The van der Waals surface area contributed by atoms with Crippen LogP contribution in [-0.4, -0.2) is 22.0 Å². The van der Waals surface area contributed by atoms with Crippen molar-refractivity contribution in [1.29, 1.82) is 0 Å². The van der Waals surface area contributed by atoms with E-state index in [4.69, 9.17) is 11.6 Å². The molecule has 0 fully saturated rings. The highest BCUT2D eigenvalue weighted by Crippen LogP contribution is 2.23. The van der Waals surface area contributed by atoms with Crippen molar-refractivity contribution in [2.75, 3.05) is 11.9 Å². The minimum Gasteiger partial charge on any atom is -0.353 e. The third-order valence-electron chi connectivity index (χ3n) is 2.66. The first-order chi connectivity index (χ1) is 8.58. The molecule has 0 aliphatic heterocycles. The molecule has 0 aromatic carbocycles. The molecule has 0 radical (unpaired) electrons. The van der Waals surface area contributed by atoms with Crippen LogP contribution in [0.25, 0.3) is 0 Å². The van der Waals surface area contributed by atoms with Crippen LogP contribution in [0.5, 0.6) is 0 Å². The number of aromatic nitrogens is 3. The van der Waals surface area contributed by atoms with Crippen LogP contribution < -0.4 is 4.90 Å². The highest BCUT2D eigenvalue weighted by Gasteiger charge is 2.12. The van der Waals surface area contributed by atoms with Gasteiger partial charge in [-0.3, -0.25) is 4.98 Å². The molecule has 2 heterocycles. The molecule has 0 saturated heterocycles. The molecule has 94 valence electrons. The minimum absolute atomic E-state index is 0.505. The quantitative estimate of drug-likeness (QED) is 0.798. The number of anilines is 1. The van der Waals surface area contributed by atoms with E-state index >= 15 is 0 Å². The molecule has 18 heavy (non-hydrogen) atoms. The predicted molar refractivity (Wildman–Crippen MR) is 72.9 cm³/mol. The summed E-state index contributed by atoms with van der Waals surface area (Å²) < 4.78 is 0. The van der Waals surface area contributed by atoms with Crippen LogP contribution in [0.15, 0.2) is 24.4 Å². The van der Waals surface area contributed by atoms with Crippen molar-refractivity contribution in [3.8, 4) is 0 Å². The Kier molecular flexibility index (Phi) is 3.77. The van der Waals surface area contributed by atoms with E-state index in [1.54, 1.807) is 6.20 Å². The summed E-state index contributed by atoms with van der Waals surface area (Å²) in [6.45, 7) is 4.45. The molecule has 0 saturated carbocycles. The SMILES string of the molecule is Cc1nc(Cl)c(C)c(N(C)Cc2ccccn2)n1. The molecule has 0 spiro atoms. The molecule has 0 unspecified atom stereocenters. The highest BCUT2D eigenvalue weighted by molar-refractivity contribution is 6.30. The average Bonchev–Trinajstić information content (AvgIpc) is 2.35. The van der Waals surface area contributed by atoms with Crippen LogP contribution in [0, 0.1) is 13.8 Å². The second-order valence-corrected chi connectivity index (χ2v) is 4.55. The Bertz CT molecular complexity index is 542. The van der Waals surface area contributed by atoms with Crippen molar-refractivity contribution in [2.45, 2.75) is 20.4 Å². The van der Waals surface area contributed by atoms with E-state index in [-0.39, 0.29) is 0 Å². The van der Waals surface area contributed by atoms with Gasteiger partial charge in [0.25, 0.3) is 0 Å². The fourth-order valence-electron chi connectivity index (χ4n) is 1.76. The van der Waals surface area contributed by atoms with E-state index in [9.17, 15) is 0 Å². The first kappa shape index (κ1) is 12.8. The normalized spacial score (nSPS) is 10.4. The first-order valence-corrected chi connectivity index (χ1v) is 6.07. The van der Waals surface area contributed by atoms with Gasteiger partial charge >= 0.3 is 0 Å². The maximum Gasteiger partial charge on any atom is 0.137 e. The van der Waals surface area contributed by atoms with Crippen LogP contribution in [0.4, 0.5) is 5.82 Å². The van der Waals surface area contributed by atoms with E-state index in [0.29, 0.717) is 17.5 Å². The fraction of sp³-hybridized carbons (Fsp3) is 0.308. The summed E-state index contributed by atoms with van der Waals surface area (Å²) in [5, 5.41) is 0.505. The van der Waals surface area contributed by atoms with Crippen LogP contribution in [-0.2, 0) is 6.54 Å². The van der Waals surface area contributed by atoms with E-state index in [2.05, 4.69) is 15.0 Å². The van der Waals surface area contributed by atoms with Crippen molar-refractivity contribution in [1.82, 2.24) is 15.0 Å². The van der Waals surface area contributed by atoms with Crippen LogP contribution >= 0.6 is 11.6 Å². The number of pyridine rings is 1. The monoisotopic (exact) mass is 262 g/mol. The zero-order chi connectivity index (χ0) is 13.1. The van der Waals surface area contributed by atoms with Crippen LogP contribution in [0.1, 0.15) is 17.1 Å². The zero-order valence-corrected chi connectivity index (χ0v) is 11.4. The highest BCUT2D eigenvalue weighted by atomic mass is 35.5. The molecular weight excluding hydrogens is 248 g/mol. The Morgan fingerprint density at radius 3 is 2.67 bits per heavy atom. The molecule has 0 aliphatic rings. The lowest BCUT2D eigenvalue weighted by Crippen LogP contribution is -2.20. The van der Waals surface area contributed by atoms with E-state index < -0.39 is 0 Å². The number of rotatable bonds is 3. The topological polar surface area (TPSA) is 41.9 Å². The largest absolute Gasteiger partial charge is 0.353 e. The Balaban J connectivity index is 2.26. The zero-order valence-electron chi connectivity index (χ0n) is 10.7. The van der Waals surface area contributed by atoms with Gasteiger partial charge in [0.1, 0.15) is 16.8 Å². The summed E-state index contributed by atoms with van der Waals surface area (Å²) in [7, 11) is 1.97. The van der Waals surface area contributed by atoms with E-state index in [1.165, 1.54) is 0 Å². The molecule has 5 heteroatoms. The Hall–Kier alpha value is -1.68. The van der Waals surface area contributed by atoms with Crippen LogP contribution in [0.3, 0.4) is 0 Å². The summed E-state index contributed by atoms with van der Waals surface area (Å²) in [6, 6.07) is 5.86. The van der Waals surface area contributed by atoms with Crippen LogP contribution in [0.2, 0.25) is 5.15 Å². The van der Waals surface area contributed by atoms with Crippen molar-refractivity contribution in [3.63, 3.8) is 0 Å². The van der Waals surface area contributed by atoms with Gasteiger partial charge < -0.3 is 4.90 Å². The summed E-state index contributed by atoms with van der Waals surface area (Å²) in [4.78, 5) is 14.9. The van der Waals surface area contributed by atoms with Gasteiger partial charge in [0.2, 0.25) is 0 Å². The van der Waals surface area contributed by atoms with Crippen molar-refractivity contribution in [2.24, 2.45) is 0 Å². The molecule has 0 bridgehead atoms. The lowest BCUT2D eigenvalue weighted by molar-refractivity contribution is 0.845. The standard InChI is InChI=1S/C13H15ClN4/c1-9-12(14)16-10(2)17-13(9)18(3)8-11-6-4-5-7-15-11/h4-7H,8H2,1-3H3. The number of nitrogens with zero attached hydrogens (tertiary/aromatic N) is 4. The number of aryl methyl sites for hydroxylation is 1. The number of hydrogen-bond donors (Lipinski definition) is 0. The Morgan fingerprint density at radius 1 is 1.22 bits per heavy atom. The molecule has 0 amide bonds. The van der Waals surface area contributed by atoms with Crippen molar-refractivity contribution in [3.05, 3.63) is 46.6 Å². The lowest BCUT2D eigenvalue weighted by Gasteiger charge is -2.20. The van der Waals surface area contributed by atoms with Gasteiger partial charge in [-0.05, 0) is 26.0 Å². The lowest BCUT2D eigenvalue weighted by atomic mass is 10.3. The van der Waals surface area contributed by atoms with E-state index in [1.807, 2.05) is 44.0 Å². The second kappa shape index (κ2) is 5.31. The minimum atomic E-state index is 0.505. The van der Waals surface area contributed by atoms with Gasteiger partial charge in [-0.1, -0.05) is 17.7 Å². The molecule has 2 rings (SSSR count). The van der Waals surface area contributed by atoms with Crippen molar-refractivity contribution >= 4 is 17.4 Å². The number of halogens is 1. The summed E-state index contributed by atoms with van der Waals surface area (Å²) in [5.41, 5.74) is 1.88. The number of hydrogen-bond acceptors (Lipinski definition) is 4. The summed E-state index contributed by atoms with van der Waals surface area (Å²) in [6.07, 6.45) is 1.79. The predicted octanol–water partition coefficient (Wildman–Crippen LogP) is 2.78. The average molecular weight is 263 g/mol. The summed E-state index contributed by atoms with van der Waals surface area (Å²) in [5.74, 6) is 1.52. The third kappa shape index (κ3) is 2.76. The fourth-order valence-corrected chi connectivity index (χ4v) is 1.97. The molecule has 2 aromatic heterocycles. The van der Waals surface area contributed by atoms with E-state index in [0.717, 1.165) is 17.1 Å². The molecule has 0 atom stereocenters. The van der Waals surface area contributed by atoms with Gasteiger partial charge in [0.15, 0.2) is 0 Å². The van der Waals surface area contributed by atoms with Crippen molar-refractivity contribution < 1.29 is 0 Å². The maximum atomic E-state index is 6.07.